The first-order valence-corrected chi connectivity index (χ1v) is 9.63. The van der Waals surface area contributed by atoms with Crippen LogP contribution in [0.1, 0.15) is 36.6 Å². The Morgan fingerprint density at radius 3 is 2.75 bits per heavy atom. The van der Waals surface area contributed by atoms with Crippen molar-refractivity contribution in [2.24, 2.45) is 10.9 Å². The lowest BCUT2D eigenvalue weighted by molar-refractivity contribution is 0.287. The van der Waals surface area contributed by atoms with E-state index >= 15 is 0 Å². The molecule has 0 aromatic carbocycles. The number of likely N-dealkylation sites (tertiary alicyclic amines) is 1. The number of thiazole rings is 1. The Bertz CT molecular complexity index is 485. The Balaban J connectivity index is 0.00000288. The monoisotopic (exact) mass is 465 g/mol. The average molecular weight is 465 g/mol. The molecule has 5 nitrogen and oxygen atoms in total. The van der Waals surface area contributed by atoms with E-state index in [9.17, 15) is 0 Å². The van der Waals surface area contributed by atoms with Crippen molar-refractivity contribution < 1.29 is 0 Å². The van der Waals surface area contributed by atoms with E-state index in [0.717, 1.165) is 31.9 Å². The fourth-order valence-electron chi connectivity index (χ4n) is 2.88. The highest BCUT2D eigenvalue weighted by molar-refractivity contribution is 14.0. The second kappa shape index (κ2) is 12.0. The van der Waals surface area contributed by atoms with Crippen LogP contribution in [0.25, 0.3) is 0 Å². The van der Waals surface area contributed by atoms with E-state index < -0.39 is 0 Å². The number of hydrogen-bond acceptors (Lipinski definition) is 4. The van der Waals surface area contributed by atoms with Crippen molar-refractivity contribution in [2.45, 2.75) is 39.5 Å². The van der Waals surface area contributed by atoms with Crippen LogP contribution >= 0.6 is 35.3 Å². The van der Waals surface area contributed by atoms with Gasteiger partial charge in [0.25, 0.3) is 0 Å². The lowest BCUT2D eigenvalue weighted by Gasteiger charge is -2.21. The predicted octanol–water partition coefficient (Wildman–Crippen LogP) is 2.76. The molecule has 1 fully saturated rings. The molecule has 0 aliphatic carbocycles. The SMILES string of the molecule is CCc1cnc(CCNC(=NC)NCC(C)CN2CCCC2)s1.I. The maximum Gasteiger partial charge on any atom is 0.190 e. The van der Waals surface area contributed by atoms with Gasteiger partial charge in [-0.2, -0.15) is 0 Å². The minimum Gasteiger partial charge on any atom is -0.356 e. The first-order valence-electron chi connectivity index (χ1n) is 8.81. The Labute approximate surface area is 167 Å². The largest absolute Gasteiger partial charge is 0.356 e. The summed E-state index contributed by atoms with van der Waals surface area (Å²) in [5.41, 5.74) is 0. The molecular formula is C17H32IN5S. The van der Waals surface area contributed by atoms with Crippen LogP contribution in [0.3, 0.4) is 0 Å². The molecule has 1 aliphatic heterocycles. The van der Waals surface area contributed by atoms with Gasteiger partial charge in [0.1, 0.15) is 0 Å². The van der Waals surface area contributed by atoms with Crippen molar-refractivity contribution in [1.29, 1.82) is 0 Å². The number of nitrogens with zero attached hydrogens (tertiary/aromatic N) is 3. The fourth-order valence-corrected chi connectivity index (χ4v) is 3.74. The van der Waals surface area contributed by atoms with Crippen LogP contribution in [0.4, 0.5) is 0 Å². The van der Waals surface area contributed by atoms with Crippen LogP contribution in [0.2, 0.25) is 0 Å². The second-order valence-corrected chi connectivity index (χ2v) is 7.52. The molecule has 1 aromatic heterocycles. The fraction of sp³-hybridized carbons (Fsp3) is 0.765. The van der Waals surface area contributed by atoms with E-state index in [2.05, 4.69) is 39.4 Å². The number of hydrogen-bond donors (Lipinski definition) is 2. The van der Waals surface area contributed by atoms with Gasteiger partial charge in [-0.25, -0.2) is 4.98 Å². The molecule has 0 spiro atoms. The number of aryl methyl sites for hydroxylation is 1. The van der Waals surface area contributed by atoms with Gasteiger partial charge in [-0.3, -0.25) is 4.99 Å². The van der Waals surface area contributed by atoms with Gasteiger partial charge in [-0.1, -0.05) is 13.8 Å². The van der Waals surface area contributed by atoms with Crippen molar-refractivity contribution in [3.63, 3.8) is 0 Å². The Morgan fingerprint density at radius 1 is 1.38 bits per heavy atom. The predicted molar refractivity (Wildman–Crippen MR) is 115 cm³/mol. The third-order valence-electron chi connectivity index (χ3n) is 4.19. The van der Waals surface area contributed by atoms with Gasteiger partial charge >= 0.3 is 0 Å². The summed E-state index contributed by atoms with van der Waals surface area (Å²) in [5.74, 6) is 1.53. The van der Waals surface area contributed by atoms with Crippen LogP contribution in [-0.4, -0.2) is 55.6 Å². The number of rotatable bonds is 8. The molecule has 2 N–H and O–H groups in total. The molecule has 0 saturated carbocycles. The van der Waals surface area contributed by atoms with Gasteiger partial charge in [0, 0.05) is 44.2 Å². The molecule has 138 valence electrons. The van der Waals surface area contributed by atoms with Crippen molar-refractivity contribution in [3.05, 3.63) is 16.1 Å². The lowest BCUT2D eigenvalue weighted by Crippen LogP contribution is -2.42. The average Bonchev–Trinajstić information content (AvgIpc) is 3.22. The summed E-state index contributed by atoms with van der Waals surface area (Å²) in [7, 11) is 1.83. The van der Waals surface area contributed by atoms with Crippen molar-refractivity contribution in [1.82, 2.24) is 20.5 Å². The van der Waals surface area contributed by atoms with Gasteiger partial charge in [0.15, 0.2) is 5.96 Å². The Kier molecular flexibility index (Phi) is 10.8. The summed E-state index contributed by atoms with van der Waals surface area (Å²) in [4.78, 5) is 12.7. The van der Waals surface area contributed by atoms with Gasteiger partial charge in [0.2, 0.25) is 0 Å². The van der Waals surface area contributed by atoms with Gasteiger partial charge in [-0.05, 0) is 38.3 Å². The van der Waals surface area contributed by atoms with E-state index in [0.29, 0.717) is 5.92 Å². The Morgan fingerprint density at radius 2 is 2.12 bits per heavy atom. The molecule has 1 saturated heterocycles. The molecule has 0 bridgehead atoms. The number of aromatic nitrogens is 1. The number of nitrogens with one attached hydrogen (secondary N) is 2. The molecule has 1 aromatic rings. The first-order chi connectivity index (χ1) is 11.2. The topological polar surface area (TPSA) is 52.6 Å². The second-order valence-electron chi connectivity index (χ2n) is 6.32. The molecule has 24 heavy (non-hydrogen) atoms. The van der Waals surface area contributed by atoms with Crippen molar-refractivity contribution >= 4 is 41.3 Å². The summed E-state index contributed by atoms with van der Waals surface area (Å²) in [6.45, 7) is 10.0. The maximum absolute atomic E-state index is 4.45. The third-order valence-corrected chi connectivity index (χ3v) is 5.39. The van der Waals surface area contributed by atoms with Crippen LogP contribution in [0.15, 0.2) is 11.2 Å². The van der Waals surface area contributed by atoms with Crippen molar-refractivity contribution in [2.75, 3.05) is 39.8 Å². The molecule has 0 amide bonds. The zero-order valence-electron chi connectivity index (χ0n) is 15.2. The minimum absolute atomic E-state index is 0. The van der Waals surface area contributed by atoms with E-state index in [4.69, 9.17) is 0 Å². The van der Waals surface area contributed by atoms with Gasteiger partial charge in [-0.15, -0.1) is 35.3 Å². The standard InChI is InChI=1S/C17H31N5S.HI/c1-4-15-12-20-16(23-15)7-8-19-17(18-3)21-11-14(2)13-22-9-5-6-10-22;/h12,14H,4-11,13H2,1-3H3,(H2,18,19,21);1H. The molecule has 1 unspecified atom stereocenters. The molecular weight excluding hydrogens is 433 g/mol. The Hall–Kier alpha value is -0.410. The molecule has 2 heterocycles. The lowest BCUT2D eigenvalue weighted by atomic mass is 10.1. The molecule has 1 aliphatic rings. The smallest absolute Gasteiger partial charge is 0.190 e. The highest BCUT2D eigenvalue weighted by Crippen LogP contribution is 2.13. The molecule has 0 radical (unpaired) electrons. The van der Waals surface area contributed by atoms with Gasteiger partial charge < -0.3 is 15.5 Å². The minimum atomic E-state index is 0. The van der Waals surface area contributed by atoms with E-state index in [1.54, 1.807) is 0 Å². The van der Waals surface area contributed by atoms with E-state index in [-0.39, 0.29) is 24.0 Å². The zero-order chi connectivity index (χ0) is 16.5. The summed E-state index contributed by atoms with van der Waals surface area (Å²) in [6, 6.07) is 0. The van der Waals surface area contributed by atoms with Crippen molar-refractivity contribution in [3.8, 4) is 0 Å². The highest BCUT2D eigenvalue weighted by atomic mass is 127. The molecule has 7 heteroatoms. The van der Waals surface area contributed by atoms with Crippen LogP contribution in [0, 0.1) is 5.92 Å². The van der Waals surface area contributed by atoms with E-state index in [1.165, 1.54) is 42.4 Å². The highest BCUT2D eigenvalue weighted by Gasteiger charge is 2.14. The van der Waals surface area contributed by atoms with Crippen LogP contribution in [0.5, 0.6) is 0 Å². The number of guanidine groups is 1. The van der Waals surface area contributed by atoms with Crippen LogP contribution < -0.4 is 10.6 Å². The quantitative estimate of drug-likeness (QED) is 0.352. The van der Waals surface area contributed by atoms with Crippen LogP contribution in [-0.2, 0) is 12.8 Å². The normalized spacial score (nSPS) is 16.7. The number of aliphatic imine (C=N–C) groups is 1. The maximum atomic E-state index is 4.45. The summed E-state index contributed by atoms with van der Waals surface area (Å²) in [6.07, 6.45) is 6.74. The van der Waals surface area contributed by atoms with Gasteiger partial charge in [0.05, 0.1) is 5.01 Å². The molecule has 2 rings (SSSR count). The van der Waals surface area contributed by atoms with E-state index in [1.807, 2.05) is 24.6 Å². The zero-order valence-corrected chi connectivity index (χ0v) is 18.3. The summed E-state index contributed by atoms with van der Waals surface area (Å²) in [5, 5.41) is 8.03. The molecule has 1 atom stereocenters. The first kappa shape index (κ1) is 21.6. The third kappa shape index (κ3) is 7.65. The summed E-state index contributed by atoms with van der Waals surface area (Å²) >= 11 is 1.81. The summed E-state index contributed by atoms with van der Waals surface area (Å²) < 4.78 is 0. The number of halogens is 1.